The molecule has 0 unspecified atom stereocenters. The van der Waals surface area contributed by atoms with Crippen molar-refractivity contribution in [2.45, 2.75) is 13.3 Å². The maximum absolute atomic E-state index is 10.8. The molecule has 2 aromatic rings. The van der Waals surface area contributed by atoms with E-state index in [1.807, 2.05) is 12.3 Å². The average molecular weight is 264 g/mol. The Hall–Kier alpha value is -2.02. The SMILES string of the molecule is Cc1csc(CCNc2ccncc2[N+](=O)[O-])n1. The van der Waals surface area contributed by atoms with Crippen molar-refractivity contribution in [2.75, 3.05) is 11.9 Å². The number of nitrogens with one attached hydrogen (secondary N) is 1. The Morgan fingerprint density at radius 2 is 2.39 bits per heavy atom. The molecule has 2 rings (SSSR count). The number of nitro groups is 1. The number of aromatic nitrogens is 2. The molecule has 0 aliphatic heterocycles. The van der Waals surface area contributed by atoms with E-state index >= 15 is 0 Å². The van der Waals surface area contributed by atoms with Gasteiger partial charge in [0.15, 0.2) is 0 Å². The van der Waals surface area contributed by atoms with Crippen molar-refractivity contribution in [1.29, 1.82) is 0 Å². The highest BCUT2D eigenvalue weighted by Crippen LogP contribution is 2.21. The van der Waals surface area contributed by atoms with Crippen LogP contribution in [-0.4, -0.2) is 21.4 Å². The van der Waals surface area contributed by atoms with E-state index in [9.17, 15) is 10.1 Å². The van der Waals surface area contributed by atoms with E-state index < -0.39 is 4.92 Å². The van der Waals surface area contributed by atoms with Crippen LogP contribution in [0.3, 0.4) is 0 Å². The van der Waals surface area contributed by atoms with Gasteiger partial charge in [-0.2, -0.15) is 0 Å². The second-order valence-electron chi connectivity index (χ2n) is 3.71. The van der Waals surface area contributed by atoms with Gasteiger partial charge in [0.05, 0.1) is 9.93 Å². The first kappa shape index (κ1) is 12.4. The Labute approximate surface area is 108 Å². The number of nitrogens with zero attached hydrogens (tertiary/aromatic N) is 3. The lowest BCUT2D eigenvalue weighted by Gasteiger charge is -2.04. The summed E-state index contributed by atoms with van der Waals surface area (Å²) >= 11 is 1.60. The van der Waals surface area contributed by atoms with Crippen LogP contribution in [-0.2, 0) is 6.42 Å². The monoisotopic (exact) mass is 264 g/mol. The minimum atomic E-state index is -0.442. The van der Waals surface area contributed by atoms with Crippen molar-refractivity contribution in [2.24, 2.45) is 0 Å². The predicted octanol–water partition coefficient (Wildman–Crippen LogP) is 2.41. The Kier molecular flexibility index (Phi) is 3.83. The second kappa shape index (κ2) is 5.54. The predicted molar refractivity (Wildman–Crippen MR) is 69.9 cm³/mol. The first-order valence-electron chi connectivity index (χ1n) is 5.40. The summed E-state index contributed by atoms with van der Waals surface area (Å²) in [4.78, 5) is 18.4. The molecular weight excluding hydrogens is 252 g/mol. The zero-order valence-electron chi connectivity index (χ0n) is 9.79. The molecule has 1 N–H and O–H groups in total. The summed E-state index contributed by atoms with van der Waals surface area (Å²) in [7, 11) is 0. The van der Waals surface area contributed by atoms with E-state index in [0.29, 0.717) is 12.2 Å². The zero-order valence-corrected chi connectivity index (χ0v) is 10.6. The molecule has 0 saturated carbocycles. The van der Waals surface area contributed by atoms with E-state index in [-0.39, 0.29) is 5.69 Å². The van der Waals surface area contributed by atoms with Gasteiger partial charge in [-0.05, 0) is 13.0 Å². The molecule has 0 atom stereocenters. The molecule has 0 fully saturated rings. The fourth-order valence-electron chi connectivity index (χ4n) is 1.50. The number of aryl methyl sites for hydroxylation is 1. The summed E-state index contributed by atoms with van der Waals surface area (Å²) < 4.78 is 0. The fraction of sp³-hybridized carbons (Fsp3) is 0.273. The van der Waals surface area contributed by atoms with Crippen LogP contribution in [0, 0.1) is 17.0 Å². The van der Waals surface area contributed by atoms with Gasteiger partial charge in [0.2, 0.25) is 0 Å². The van der Waals surface area contributed by atoms with Crippen LogP contribution in [0.5, 0.6) is 0 Å². The van der Waals surface area contributed by atoms with Gasteiger partial charge in [0.25, 0.3) is 0 Å². The number of rotatable bonds is 5. The van der Waals surface area contributed by atoms with Crippen LogP contribution < -0.4 is 5.32 Å². The highest BCUT2D eigenvalue weighted by atomic mass is 32.1. The number of anilines is 1. The number of thiazole rings is 1. The van der Waals surface area contributed by atoms with Crippen LogP contribution in [0.2, 0.25) is 0 Å². The third-order valence-electron chi connectivity index (χ3n) is 2.32. The topological polar surface area (TPSA) is 81.0 Å². The van der Waals surface area contributed by atoms with E-state index in [1.165, 1.54) is 12.4 Å². The molecule has 94 valence electrons. The van der Waals surface area contributed by atoms with Crippen LogP contribution in [0.25, 0.3) is 0 Å². The molecule has 7 heteroatoms. The van der Waals surface area contributed by atoms with Gasteiger partial charge in [-0.15, -0.1) is 11.3 Å². The van der Waals surface area contributed by atoms with E-state index in [0.717, 1.165) is 17.1 Å². The maximum Gasteiger partial charge on any atom is 0.310 e. The van der Waals surface area contributed by atoms with Crippen molar-refractivity contribution in [3.05, 3.63) is 44.7 Å². The normalized spacial score (nSPS) is 10.3. The Bertz CT molecular complexity index is 555. The molecule has 0 spiro atoms. The lowest BCUT2D eigenvalue weighted by molar-refractivity contribution is -0.384. The molecular formula is C11H12N4O2S. The van der Waals surface area contributed by atoms with Crippen LogP contribution in [0.4, 0.5) is 11.4 Å². The van der Waals surface area contributed by atoms with E-state index in [4.69, 9.17) is 0 Å². The molecule has 0 aliphatic rings. The minimum Gasteiger partial charge on any atom is -0.379 e. The molecule has 2 heterocycles. The van der Waals surface area contributed by atoms with Gasteiger partial charge in [0.1, 0.15) is 11.9 Å². The van der Waals surface area contributed by atoms with Gasteiger partial charge < -0.3 is 5.32 Å². The molecule has 0 aliphatic carbocycles. The molecule has 0 radical (unpaired) electrons. The smallest absolute Gasteiger partial charge is 0.310 e. The van der Waals surface area contributed by atoms with Crippen molar-refractivity contribution in [3.63, 3.8) is 0 Å². The largest absolute Gasteiger partial charge is 0.379 e. The van der Waals surface area contributed by atoms with Gasteiger partial charge in [-0.25, -0.2) is 4.98 Å². The average Bonchev–Trinajstić information content (AvgIpc) is 2.75. The molecule has 0 aromatic carbocycles. The molecule has 0 amide bonds. The highest BCUT2D eigenvalue weighted by Gasteiger charge is 2.12. The minimum absolute atomic E-state index is 0.00665. The van der Waals surface area contributed by atoms with Crippen LogP contribution >= 0.6 is 11.3 Å². The summed E-state index contributed by atoms with van der Waals surface area (Å²) in [5.41, 5.74) is 1.49. The van der Waals surface area contributed by atoms with Gasteiger partial charge in [-0.3, -0.25) is 15.1 Å². The number of hydrogen-bond donors (Lipinski definition) is 1. The van der Waals surface area contributed by atoms with Crippen molar-refractivity contribution >= 4 is 22.7 Å². The third-order valence-corrected chi connectivity index (χ3v) is 3.34. The molecule has 6 nitrogen and oxygen atoms in total. The van der Waals surface area contributed by atoms with Crippen molar-refractivity contribution in [3.8, 4) is 0 Å². The third kappa shape index (κ3) is 3.01. The standard InChI is InChI=1S/C11H12N4O2S/c1-8-7-18-11(14-8)3-5-13-9-2-4-12-6-10(9)15(16)17/h2,4,6-7H,3,5H2,1H3,(H,12,13). The van der Waals surface area contributed by atoms with Crippen molar-refractivity contribution in [1.82, 2.24) is 9.97 Å². The second-order valence-corrected chi connectivity index (χ2v) is 4.65. The van der Waals surface area contributed by atoms with Crippen LogP contribution in [0.15, 0.2) is 23.8 Å². The van der Waals surface area contributed by atoms with Gasteiger partial charge >= 0.3 is 5.69 Å². The molecule has 0 bridgehead atoms. The highest BCUT2D eigenvalue weighted by molar-refractivity contribution is 7.09. The Morgan fingerprint density at radius 3 is 3.06 bits per heavy atom. The summed E-state index contributed by atoms with van der Waals surface area (Å²) in [5, 5.41) is 16.8. The zero-order chi connectivity index (χ0) is 13.0. The van der Waals surface area contributed by atoms with Gasteiger partial charge in [-0.1, -0.05) is 0 Å². The first-order valence-corrected chi connectivity index (χ1v) is 6.28. The summed E-state index contributed by atoms with van der Waals surface area (Å²) in [6.45, 7) is 2.55. The summed E-state index contributed by atoms with van der Waals surface area (Å²) in [6.07, 6.45) is 3.52. The molecule has 2 aromatic heterocycles. The van der Waals surface area contributed by atoms with E-state index in [2.05, 4.69) is 15.3 Å². The maximum atomic E-state index is 10.8. The van der Waals surface area contributed by atoms with Gasteiger partial charge in [0, 0.05) is 30.2 Å². The Balaban J connectivity index is 1.96. The number of pyridine rings is 1. The molecule has 18 heavy (non-hydrogen) atoms. The summed E-state index contributed by atoms with van der Waals surface area (Å²) in [6, 6.07) is 1.60. The Morgan fingerprint density at radius 1 is 1.56 bits per heavy atom. The van der Waals surface area contributed by atoms with E-state index in [1.54, 1.807) is 17.4 Å². The summed E-state index contributed by atoms with van der Waals surface area (Å²) in [5.74, 6) is 0. The quantitative estimate of drug-likeness (QED) is 0.662. The fourth-order valence-corrected chi connectivity index (χ4v) is 2.28. The lowest BCUT2D eigenvalue weighted by atomic mass is 10.3. The van der Waals surface area contributed by atoms with Crippen molar-refractivity contribution < 1.29 is 4.92 Å². The lowest BCUT2D eigenvalue weighted by Crippen LogP contribution is -2.07. The van der Waals surface area contributed by atoms with Crippen LogP contribution in [0.1, 0.15) is 10.7 Å². The number of hydrogen-bond acceptors (Lipinski definition) is 6. The first-order chi connectivity index (χ1) is 8.66. The molecule has 0 saturated heterocycles.